The molecule has 1 amide bonds. The molecule has 0 aliphatic heterocycles. The molecular formula is C12H21NO7S. The molecule has 1 unspecified atom stereocenters. The summed E-state index contributed by atoms with van der Waals surface area (Å²) in [5, 5.41) is 9.60. The Morgan fingerprint density at radius 3 is 2.05 bits per heavy atom. The van der Waals surface area contributed by atoms with Gasteiger partial charge in [-0.15, -0.1) is 0 Å². The highest BCUT2D eigenvalue weighted by atomic mass is 32.2. The average molecular weight is 323 g/mol. The van der Waals surface area contributed by atoms with Crippen molar-refractivity contribution in [3.05, 3.63) is 0 Å². The molecule has 0 rings (SSSR count). The number of sulfone groups is 1. The summed E-state index contributed by atoms with van der Waals surface area (Å²) >= 11 is 0. The number of aliphatic carboxylic acids is 1. The first-order valence-corrected chi connectivity index (χ1v) is 8.13. The van der Waals surface area contributed by atoms with Gasteiger partial charge in [0.05, 0.1) is 6.42 Å². The molecular weight excluding hydrogens is 302 g/mol. The molecule has 8 nitrogen and oxygen atoms in total. The molecule has 0 fully saturated rings. The van der Waals surface area contributed by atoms with E-state index in [1.54, 1.807) is 20.8 Å². The molecule has 0 heterocycles. The maximum Gasteiger partial charge on any atom is 0.326 e. The van der Waals surface area contributed by atoms with Crippen molar-refractivity contribution >= 4 is 27.7 Å². The second kappa shape index (κ2) is 6.88. The first-order valence-electron chi connectivity index (χ1n) is 6.18. The van der Waals surface area contributed by atoms with E-state index in [1.165, 1.54) is 0 Å². The molecule has 0 radical (unpaired) electrons. The molecule has 2 N–H and O–H groups in total. The number of carboxylic acid groups (broad SMARTS) is 1. The molecule has 0 aliphatic carbocycles. The molecule has 0 aromatic rings. The van der Waals surface area contributed by atoms with Crippen LogP contribution in [0.5, 0.6) is 0 Å². The topological polar surface area (TPSA) is 127 Å². The highest BCUT2D eigenvalue weighted by molar-refractivity contribution is 7.92. The van der Waals surface area contributed by atoms with Gasteiger partial charge in [0.2, 0.25) is 5.91 Å². The molecule has 2 atom stereocenters. The number of carbonyl (C=O) groups excluding carboxylic acids is 2. The number of ether oxygens (including phenoxy) is 1. The number of esters is 1. The third kappa shape index (κ3) is 7.64. The zero-order valence-electron chi connectivity index (χ0n) is 12.7. The average Bonchev–Trinajstić information content (AvgIpc) is 2.22. The van der Waals surface area contributed by atoms with Crippen molar-refractivity contribution in [3.63, 3.8) is 0 Å². The fraction of sp³-hybridized carbons (Fsp3) is 0.750. The van der Waals surface area contributed by atoms with E-state index in [9.17, 15) is 22.8 Å². The van der Waals surface area contributed by atoms with Crippen molar-refractivity contribution in [3.8, 4) is 0 Å². The summed E-state index contributed by atoms with van der Waals surface area (Å²) in [7, 11) is -3.65. The number of carbonyl (C=O) groups is 3. The van der Waals surface area contributed by atoms with Crippen LogP contribution in [0, 0.1) is 0 Å². The Morgan fingerprint density at radius 1 is 1.24 bits per heavy atom. The van der Waals surface area contributed by atoms with Crippen LogP contribution < -0.4 is 5.32 Å². The highest BCUT2D eigenvalue weighted by Crippen LogP contribution is 2.10. The fourth-order valence-electron chi connectivity index (χ4n) is 1.23. The minimum atomic E-state index is -3.65. The second-order valence-electron chi connectivity index (χ2n) is 5.66. The monoisotopic (exact) mass is 323 g/mol. The van der Waals surface area contributed by atoms with Gasteiger partial charge >= 0.3 is 11.9 Å². The molecule has 0 aliphatic rings. The summed E-state index contributed by atoms with van der Waals surface area (Å²) in [6.45, 7) is 5.98. The van der Waals surface area contributed by atoms with Gasteiger partial charge in [-0.05, 0) is 27.7 Å². The summed E-state index contributed by atoms with van der Waals surface area (Å²) in [6.07, 6.45) is 0.274. The fourth-order valence-corrected chi connectivity index (χ4v) is 1.69. The summed E-state index contributed by atoms with van der Waals surface area (Å²) in [5.41, 5.74) is -0.788. The zero-order chi connectivity index (χ0) is 17.0. The number of rotatable bonds is 6. The number of nitrogens with one attached hydrogen (secondary N) is 1. The second-order valence-corrected chi connectivity index (χ2v) is 8.03. The van der Waals surface area contributed by atoms with Gasteiger partial charge in [0.1, 0.15) is 16.9 Å². The zero-order valence-corrected chi connectivity index (χ0v) is 13.5. The maximum absolute atomic E-state index is 11.7. The van der Waals surface area contributed by atoms with Gasteiger partial charge in [0.15, 0.2) is 9.84 Å². The van der Waals surface area contributed by atoms with Crippen LogP contribution in [-0.4, -0.2) is 54.5 Å². The quantitative estimate of drug-likeness (QED) is 0.644. The van der Waals surface area contributed by atoms with Crippen LogP contribution in [0.15, 0.2) is 0 Å². The van der Waals surface area contributed by atoms with Gasteiger partial charge in [-0.1, -0.05) is 0 Å². The minimum absolute atomic E-state index is 0.588. The predicted octanol–water partition coefficient (Wildman–Crippen LogP) is -0.279. The van der Waals surface area contributed by atoms with E-state index in [-0.39, 0.29) is 0 Å². The lowest BCUT2D eigenvalue weighted by Crippen LogP contribution is -2.48. The van der Waals surface area contributed by atoms with Crippen LogP contribution in [0.2, 0.25) is 0 Å². The molecule has 21 heavy (non-hydrogen) atoms. The Labute approximate surface area is 123 Å². The number of hydrogen-bond donors (Lipinski definition) is 2. The number of carboxylic acids is 1. The summed E-state index contributed by atoms with van der Waals surface area (Å²) in [6, 6.07) is -1.54. The first-order chi connectivity index (χ1) is 9.24. The van der Waals surface area contributed by atoms with E-state index < -0.39 is 51.0 Å². The van der Waals surface area contributed by atoms with Crippen LogP contribution >= 0.6 is 0 Å². The molecule has 0 saturated heterocycles. The summed E-state index contributed by atoms with van der Waals surface area (Å²) in [4.78, 5) is 34.3. The molecule has 0 spiro atoms. The molecule has 122 valence electrons. The maximum atomic E-state index is 11.7. The van der Waals surface area contributed by atoms with Gasteiger partial charge in [-0.25, -0.2) is 13.2 Å². The van der Waals surface area contributed by atoms with Gasteiger partial charge in [0, 0.05) is 6.26 Å². The van der Waals surface area contributed by atoms with Crippen molar-refractivity contribution in [2.45, 2.75) is 51.0 Å². The first kappa shape index (κ1) is 19.4. The summed E-state index contributed by atoms with van der Waals surface area (Å²) in [5.74, 6) is -3.23. The summed E-state index contributed by atoms with van der Waals surface area (Å²) < 4.78 is 27.4. The normalized spacial score (nSPS) is 14.9. The molecule has 0 aromatic carbocycles. The van der Waals surface area contributed by atoms with Crippen molar-refractivity contribution < 1.29 is 32.6 Å². The Hall–Kier alpha value is -1.64. The third-order valence-electron chi connectivity index (χ3n) is 2.42. The largest absolute Gasteiger partial charge is 0.480 e. The van der Waals surface area contributed by atoms with Gasteiger partial charge in [0.25, 0.3) is 0 Å². The Kier molecular flexibility index (Phi) is 6.34. The van der Waals surface area contributed by atoms with Crippen LogP contribution in [0.3, 0.4) is 0 Å². The van der Waals surface area contributed by atoms with E-state index in [0.29, 0.717) is 0 Å². The van der Waals surface area contributed by atoms with Gasteiger partial charge in [-0.3, -0.25) is 9.59 Å². The van der Waals surface area contributed by atoms with E-state index in [4.69, 9.17) is 9.84 Å². The number of amides is 1. The lowest BCUT2D eigenvalue weighted by atomic mass is 10.1. The van der Waals surface area contributed by atoms with Crippen LogP contribution in [-0.2, 0) is 29.0 Å². The van der Waals surface area contributed by atoms with E-state index in [2.05, 4.69) is 0 Å². The predicted molar refractivity (Wildman–Crippen MR) is 74.3 cm³/mol. The van der Waals surface area contributed by atoms with Gasteiger partial charge < -0.3 is 15.2 Å². The van der Waals surface area contributed by atoms with Crippen LogP contribution in [0.1, 0.15) is 34.1 Å². The van der Waals surface area contributed by atoms with Crippen molar-refractivity contribution in [2.75, 3.05) is 6.26 Å². The van der Waals surface area contributed by atoms with Gasteiger partial charge in [-0.2, -0.15) is 0 Å². The van der Waals surface area contributed by atoms with Crippen molar-refractivity contribution in [2.24, 2.45) is 0 Å². The smallest absolute Gasteiger partial charge is 0.326 e. The SMILES string of the molecule is CC(C(=O)N[C@@H](CC(=O)OC(C)(C)C)C(=O)O)S(C)(=O)=O. The van der Waals surface area contributed by atoms with Crippen molar-refractivity contribution in [1.29, 1.82) is 0 Å². The number of hydrogen-bond acceptors (Lipinski definition) is 6. The minimum Gasteiger partial charge on any atom is -0.480 e. The molecule has 0 saturated carbocycles. The highest BCUT2D eigenvalue weighted by Gasteiger charge is 2.30. The van der Waals surface area contributed by atoms with Crippen molar-refractivity contribution in [1.82, 2.24) is 5.32 Å². The Bertz CT molecular complexity index is 518. The Morgan fingerprint density at radius 2 is 1.71 bits per heavy atom. The molecule has 0 aromatic heterocycles. The van der Waals surface area contributed by atoms with E-state index >= 15 is 0 Å². The van der Waals surface area contributed by atoms with Crippen LogP contribution in [0.4, 0.5) is 0 Å². The van der Waals surface area contributed by atoms with E-state index in [1.807, 2.05) is 5.32 Å². The molecule has 9 heteroatoms. The standard InChI is InChI=1S/C12H21NO7S/c1-7(21(5,18)19)10(15)13-8(11(16)17)6-9(14)20-12(2,3)4/h7-8H,6H2,1-5H3,(H,13,15)(H,16,17)/t7?,8-/m0/s1. The third-order valence-corrected chi connectivity index (χ3v) is 3.92. The Balaban J connectivity index is 4.84. The lowest BCUT2D eigenvalue weighted by molar-refractivity contribution is -0.158. The molecule has 0 bridgehead atoms. The lowest BCUT2D eigenvalue weighted by Gasteiger charge is -2.21. The van der Waals surface area contributed by atoms with E-state index in [0.717, 1.165) is 13.2 Å². The van der Waals surface area contributed by atoms with Crippen LogP contribution in [0.25, 0.3) is 0 Å².